The number of thiol groups is 2. The number of hydrogen-bond donors (Lipinski definition) is 17. The van der Waals surface area contributed by atoms with Gasteiger partial charge < -0.3 is 123 Å². The lowest BCUT2D eigenvalue weighted by molar-refractivity contribution is -0.141. The minimum atomic E-state index is -1.85. The normalized spacial score (nSPS) is 12.9. The highest BCUT2D eigenvalue weighted by Gasteiger charge is 2.33. The van der Waals surface area contributed by atoms with Gasteiger partial charge in [-0.25, -0.2) is 0 Å². The monoisotopic (exact) mass is 1780 g/mol. The molecule has 0 saturated carbocycles. The van der Waals surface area contributed by atoms with Crippen molar-refractivity contribution in [2.45, 2.75) is 108 Å². The number of aliphatic imine (C=N–C) groups is 1. The number of benzene rings is 2. The van der Waals surface area contributed by atoms with Crippen LogP contribution in [0.2, 0.25) is 0 Å². The van der Waals surface area contributed by atoms with E-state index in [1.165, 1.54) is 24.9 Å². The molecule has 2 aromatic rings. The lowest BCUT2D eigenvalue weighted by atomic mass is 10.0. The van der Waals surface area contributed by atoms with E-state index >= 15 is 0 Å². The van der Waals surface area contributed by atoms with Crippen molar-refractivity contribution in [1.82, 2.24) is 63.8 Å². The summed E-state index contributed by atoms with van der Waals surface area (Å²) < 4.78 is 44.5. The largest absolute Gasteiger partial charge is 0.481 e. The second-order valence-electron chi connectivity index (χ2n) is 24.6. The Bertz CT molecular complexity index is 3250. The highest BCUT2D eigenvalue weighted by molar-refractivity contribution is 14.1. The van der Waals surface area contributed by atoms with Crippen molar-refractivity contribution in [1.29, 1.82) is 0 Å². The van der Waals surface area contributed by atoms with Crippen molar-refractivity contribution >= 4 is 149 Å². The number of ether oxygens (including phenoxy) is 8. The second kappa shape index (κ2) is 65.0. The standard InChI is InChI=1S/C71H113IN16O23S3/c1-4-24-103-28-29-106-27-23-78-64(96)48(2)82-67(99)54(38-49-11-6-5-7-12-49)86-70(102)57(46-113)88-68(100)55(39-63(94)95)84-58(89)41-80-65(97)52(14-10-20-79-71(73)74)85-69(101)56(45-112)87-66(98)53(83-62(93)47-114-3)13-8-9-19-75-59(90)42-110-43-60(91)76-21-25-104-30-32-107-34-36-109-37-35-108-33-31-105-26-22-77-61(92)44-111-81-40-50-15-17-51(72)18-16-50/h5-7,11-12,15-18,40,48,52-57,112-113H,4,8-10,13-14,19-39,41-47H2,1-3H3,(H,75,90)(H,76,91)(H,77,92)(H,78,96)(H,80,97)(H,82,99)(H,83,93)(H,84,89)(H,85,101)(H,86,102)(H,87,98)(H,88,100)(H,94,95)(H4,73,74,79)/b81-40+/t48-,52-,53-,54-,55-,56-,57-/m0/s1. The molecule has 7 atom stereocenters. The first-order chi connectivity index (χ1) is 54.9. The Kier molecular flexibility index (Phi) is 58.0. The molecule has 17 N–H and O–H groups in total. The van der Waals surface area contributed by atoms with E-state index in [9.17, 15) is 67.4 Å². The molecule has 0 aliphatic carbocycles. The fourth-order valence-corrected chi connectivity index (χ4v) is 10.7. The molecule has 0 aromatic heterocycles. The Morgan fingerprint density at radius 2 is 0.939 bits per heavy atom. The third kappa shape index (κ3) is 51.6. The van der Waals surface area contributed by atoms with Crippen molar-refractivity contribution in [3.63, 3.8) is 0 Å². The molecule has 0 saturated heterocycles. The number of nitrogens with two attached hydrogens (primary N) is 2. The zero-order chi connectivity index (χ0) is 83.9. The van der Waals surface area contributed by atoms with Crippen molar-refractivity contribution < 1.29 is 110 Å². The molecule has 0 fully saturated rings. The molecule has 2 rings (SSSR count). The number of rotatable bonds is 67. The maximum atomic E-state index is 13.9. The van der Waals surface area contributed by atoms with Crippen LogP contribution in [0.1, 0.15) is 69.9 Å². The maximum absolute atomic E-state index is 13.9. The predicted molar refractivity (Wildman–Crippen MR) is 436 cm³/mol. The van der Waals surface area contributed by atoms with Gasteiger partial charge in [0.2, 0.25) is 65.0 Å². The van der Waals surface area contributed by atoms with E-state index in [2.05, 4.69) is 122 Å². The van der Waals surface area contributed by atoms with Crippen LogP contribution in [0.25, 0.3) is 0 Å². The summed E-state index contributed by atoms with van der Waals surface area (Å²) in [6.07, 6.45) is 3.58. The zero-order valence-electron chi connectivity index (χ0n) is 64.5. The van der Waals surface area contributed by atoms with Gasteiger partial charge in [0.05, 0.1) is 111 Å². The first kappa shape index (κ1) is 102. The smallest absolute Gasteiger partial charge is 0.305 e. The van der Waals surface area contributed by atoms with E-state index in [0.717, 1.165) is 15.6 Å². The number of halogens is 1. The van der Waals surface area contributed by atoms with E-state index in [-0.39, 0.29) is 114 Å². The molecule has 2 aromatic carbocycles. The number of carbonyl (C=O) groups excluding carboxylic acids is 12. The minimum absolute atomic E-state index is 0.0115. The number of thioether (sulfide) groups is 1. The van der Waals surface area contributed by atoms with Crippen molar-refractivity contribution in [3.05, 3.63) is 69.3 Å². The van der Waals surface area contributed by atoms with Gasteiger partial charge in [-0.2, -0.15) is 37.0 Å². The van der Waals surface area contributed by atoms with E-state index in [0.29, 0.717) is 91.2 Å². The molecule has 0 aliphatic heterocycles. The third-order valence-corrected chi connectivity index (χ3v) is 17.2. The molecule has 0 radical (unpaired) electrons. The fourth-order valence-electron chi connectivity index (χ4n) is 9.45. The molecule has 640 valence electrons. The van der Waals surface area contributed by atoms with Gasteiger partial charge in [0, 0.05) is 60.8 Å². The summed E-state index contributed by atoms with van der Waals surface area (Å²) in [5.74, 6) is -11.5. The van der Waals surface area contributed by atoms with Gasteiger partial charge in [-0.3, -0.25) is 67.3 Å². The molecule has 0 bridgehead atoms. The van der Waals surface area contributed by atoms with Gasteiger partial charge in [0.15, 0.2) is 12.6 Å². The van der Waals surface area contributed by atoms with Crippen LogP contribution in [0, 0.1) is 3.57 Å². The molecule has 39 nitrogen and oxygen atoms in total. The van der Waals surface area contributed by atoms with E-state index in [1.807, 2.05) is 31.2 Å². The Hall–Kier alpha value is -8.25. The summed E-state index contributed by atoms with van der Waals surface area (Å²) in [6, 6.07) is 6.42. The van der Waals surface area contributed by atoms with Crippen LogP contribution in [-0.4, -0.2) is 312 Å². The maximum Gasteiger partial charge on any atom is 0.305 e. The number of oxime groups is 1. The summed E-state index contributed by atoms with van der Waals surface area (Å²) in [6.45, 7) is 6.89. The lowest BCUT2D eigenvalue weighted by Crippen LogP contribution is -2.59. The van der Waals surface area contributed by atoms with Crippen LogP contribution in [0.15, 0.2) is 64.7 Å². The van der Waals surface area contributed by atoms with Crippen molar-refractivity contribution in [2.24, 2.45) is 21.6 Å². The summed E-state index contributed by atoms with van der Waals surface area (Å²) in [5, 5.41) is 43.9. The molecule has 114 heavy (non-hydrogen) atoms. The number of hydrogen-bond acceptors (Lipinski definition) is 27. The van der Waals surface area contributed by atoms with E-state index in [1.54, 1.807) is 36.6 Å². The zero-order valence-corrected chi connectivity index (χ0v) is 69.3. The number of carboxylic acids is 1. The molecule has 0 heterocycles. The van der Waals surface area contributed by atoms with Gasteiger partial charge in [-0.1, -0.05) is 54.5 Å². The molecule has 0 unspecified atom stereocenters. The van der Waals surface area contributed by atoms with Gasteiger partial charge >= 0.3 is 5.97 Å². The number of amides is 12. The predicted octanol–water partition coefficient (Wildman–Crippen LogP) is -3.66. The SMILES string of the molecule is CCCOCCOCCNC(=O)[C@H](C)NC(=O)[C@H](Cc1ccccc1)NC(=O)[C@H](CS)NC(=O)[C@H](CC(=O)O)NC(=O)CNC(=O)[C@H](CCCN=C(N)N)NC(=O)[C@H](CS)NC(=O)[C@H](CCCCNC(=O)COCC(=O)NCCOCCOCCOCCOCCOCCNC(=O)CO/N=C/c1ccc(I)cc1)NC(=O)CSC. The molecule has 12 amide bonds. The number of unbranched alkanes of at least 4 members (excludes halogenated alkanes) is 1. The Labute approximate surface area is 692 Å². The Morgan fingerprint density at radius 1 is 0.482 bits per heavy atom. The van der Waals surface area contributed by atoms with E-state index in [4.69, 9.17) is 54.2 Å². The van der Waals surface area contributed by atoms with Gasteiger partial charge in [-0.15, -0.1) is 0 Å². The van der Waals surface area contributed by atoms with Gasteiger partial charge in [-0.05, 0) is 97.6 Å². The van der Waals surface area contributed by atoms with Crippen LogP contribution >= 0.6 is 59.6 Å². The number of carboxylic acid groups (broad SMARTS) is 1. The second-order valence-corrected chi connectivity index (χ2v) is 27.5. The molecule has 0 spiro atoms. The average molecular weight is 1780 g/mol. The summed E-state index contributed by atoms with van der Waals surface area (Å²) in [7, 11) is 0. The summed E-state index contributed by atoms with van der Waals surface area (Å²) >= 11 is 11.9. The van der Waals surface area contributed by atoms with Crippen LogP contribution in [0.3, 0.4) is 0 Å². The highest BCUT2D eigenvalue weighted by Crippen LogP contribution is 2.10. The van der Waals surface area contributed by atoms with Crippen molar-refractivity contribution in [2.75, 3.05) is 175 Å². The first-order valence-electron chi connectivity index (χ1n) is 36.9. The Balaban J connectivity index is 1.81. The Morgan fingerprint density at radius 3 is 1.46 bits per heavy atom. The van der Waals surface area contributed by atoms with Crippen LogP contribution in [0.5, 0.6) is 0 Å². The molecule has 43 heteroatoms. The topological polar surface area (TPSA) is 546 Å². The van der Waals surface area contributed by atoms with E-state index < -0.39 is 139 Å². The summed E-state index contributed by atoms with van der Waals surface area (Å²) in [5.41, 5.74) is 12.4. The van der Waals surface area contributed by atoms with Gasteiger partial charge in [0.1, 0.15) is 55.5 Å². The number of nitrogens with one attached hydrogen (secondary N) is 12. The summed E-state index contributed by atoms with van der Waals surface area (Å²) in [4.78, 5) is 179. The average Bonchev–Trinajstić information content (AvgIpc) is 0.863. The van der Waals surface area contributed by atoms with Gasteiger partial charge in [0.25, 0.3) is 5.91 Å². The first-order valence-corrected chi connectivity index (χ1v) is 40.6. The quantitative estimate of drug-likeness (QED) is 0.00758. The number of nitrogens with zero attached hydrogens (tertiary/aromatic N) is 2. The fraction of sp³-hybridized carbons (Fsp3) is 0.620. The number of aliphatic carboxylic acids is 1. The van der Waals surface area contributed by atoms with Crippen LogP contribution in [-0.2, 0) is 111 Å². The molecule has 0 aliphatic rings. The number of guanidine groups is 1. The number of carbonyl (C=O) groups is 13. The van der Waals surface area contributed by atoms with Crippen LogP contribution in [0.4, 0.5) is 0 Å². The third-order valence-electron chi connectivity index (χ3n) is 15.2. The molecular weight excluding hydrogens is 1670 g/mol. The highest BCUT2D eigenvalue weighted by atomic mass is 127. The van der Waals surface area contributed by atoms with Crippen LogP contribution < -0.4 is 75.3 Å². The lowest BCUT2D eigenvalue weighted by Gasteiger charge is -2.25. The van der Waals surface area contributed by atoms with Crippen molar-refractivity contribution in [3.8, 4) is 0 Å². The molecular formula is C71H113IN16O23S3. The minimum Gasteiger partial charge on any atom is -0.481 e.